The summed E-state index contributed by atoms with van der Waals surface area (Å²) >= 11 is 1.41. The molecule has 3 aromatic rings. The zero-order valence-electron chi connectivity index (χ0n) is 12.9. The maximum absolute atomic E-state index is 12.2. The van der Waals surface area contributed by atoms with E-state index in [9.17, 15) is 18.7 Å². The topological polar surface area (TPSA) is 59.4 Å². The minimum Gasteiger partial charge on any atom is -0.481 e. The predicted octanol–water partition coefficient (Wildman–Crippen LogP) is 4.91. The van der Waals surface area contributed by atoms with Crippen LogP contribution in [0.15, 0.2) is 48.5 Å². The number of nitrogens with zero attached hydrogens (tertiary/aromatic N) is 1. The fourth-order valence-electron chi connectivity index (χ4n) is 2.31. The van der Waals surface area contributed by atoms with Crippen LogP contribution in [0.25, 0.3) is 21.9 Å². The molecule has 25 heavy (non-hydrogen) atoms. The van der Waals surface area contributed by atoms with Crippen molar-refractivity contribution < 1.29 is 23.4 Å². The summed E-state index contributed by atoms with van der Waals surface area (Å²) in [5.41, 5.74) is 2.04. The lowest BCUT2D eigenvalue weighted by Crippen LogP contribution is -2.01. The second kappa shape index (κ2) is 7.40. The van der Waals surface area contributed by atoms with Crippen molar-refractivity contribution in [3.05, 3.63) is 59.1 Å². The van der Waals surface area contributed by atoms with Crippen LogP contribution in [-0.2, 0) is 4.79 Å². The summed E-state index contributed by atoms with van der Waals surface area (Å²) in [6.07, 6.45) is 1.51. The number of alkyl halides is 2. The van der Waals surface area contributed by atoms with Crippen LogP contribution in [0.5, 0.6) is 5.75 Å². The minimum atomic E-state index is -2.88. The van der Waals surface area contributed by atoms with E-state index in [1.54, 1.807) is 18.2 Å². The van der Waals surface area contributed by atoms with E-state index in [1.165, 1.54) is 23.5 Å². The van der Waals surface area contributed by atoms with Gasteiger partial charge in [0.2, 0.25) is 0 Å². The zero-order chi connectivity index (χ0) is 17.8. The monoisotopic (exact) mass is 361 g/mol. The molecule has 0 saturated heterocycles. The molecule has 0 bridgehead atoms. The summed E-state index contributed by atoms with van der Waals surface area (Å²) < 4.78 is 29.7. The number of halogens is 2. The van der Waals surface area contributed by atoms with Crippen molar-refractivity contribution in [3.8, 4) is 5.75 Å². The van der Waals surface area contributed by atoms with Gasteiger partial charge in [0.25, 0.3) is 0 Å². The van der Waals surface area contributed by atoms with Gasteiger partial charge in [0.1, 0.15) is 10.8 Å². The maximum atomic E-state index is 12.2. The van der Waals surface area contributed by atoms with E-state index in [0.29, 0.717) is 16.1 Å². The first-order valence-corrected chi connectivity index (χ1v) is 8.16. The summed E-state index contributed by atoms with van der Waals surface area (Å²) in [6, 6.07) is 13.6. The molecule has 0 saturated carbocycles. The molecule has 0 amide bonds. The first kappa shape index (κ1) is 17.0. The number of ether oxygens (including phenoxy) is 1. The first-order valence-electron chi connectivity index (χ1n) is 7.34. The molecule has 0 atom stereocenters. The highest BCUT2D eigenvalue weighted by atomic mass is 32.1. The normalized spacial score (nSPS) is 11.9. The molecule has 0 aliphatic heterocycles. The van der Waals surface area contributed by atoms with Crippen LogP contribution in [0.4, 0.5) is 8.78 Å². The Morgan fingerprint density at radius 3 is 2.56 bits per heavy atom. The number of thiazole rings is 1. The molecule has 0 fully saturated rings. The van der Waals surface area contributed by atoms with Crippen molar-refractivity contribution in [2.45, 2.75) is 13.0 Å². The quantitative estimate of drug-likeness (QED) is 0.677. The highest BCUT2D eigenvalue weighted by Crippen LogP contribution is 2.30. The Morgan fingerprint density at radius 1 is 1.20 bits per heavy atom. The number of aliphatic carboxylic acids is 1. The molecule has 3 rings (SSSR count). The first-order chi connectivity index (χ1) is 12.0. The van der Waals surface area contributed by atoms with E-state index in [4.69, 9.17) is 0 Å². The molecule has 1 heterocycles. The van der Waals surface area contributed by atoms with Gasteiger partial charge < -0.3 is 9.84 Å². The summed E-state index contributed by atoms with van der Waals surface area (Å²) in [4.78, 5) is 15.7. The molecule has 0 aliphatic rings. The van der Waals surface area contributed by atoms with E-state index in [-0.39, 0.29) is 12.2 Å². The van der Waals surface area contributed by atoms with Gasteiger partial charge in [-0.15, -0.1) is 11.3 Å². The Bertz CT molecular complexity index is 886. The number of hydrogen-bond acceptors (Lipinski definition) is 4. The third kappa shape index (κ3) is 4.39. The van der Waals surface area contributed by atoms with Gasteiger partial charge in [-0.1, -0.05) is 24.3 Å². The van der Waals surface area contributed by atoms with Gasteiger partial charge in [-0.25, -0.2) is 4.98 Å². The Labute approximate surface area is 146 Å². The van der Waals surface area contributed by atoms with Crippen molar-refractivity contribution in [1.29, 1.82) is 0 Å². The van der Waals surface area contributed by atoms with Crippen LogP contribution < -0.4 is 4.74 Å². The highest BCUT2D eigenvalue weighted by Gasteiger charge is 2.13. The van der Waals surface area contributed by atoms with Crippen molar-refractivity contribution in [2.24, 2.45) is 0 Å². The number of hydrogen-bond donors (Lipinski definition) is 1. The van der Waals surface area contributed by atoms with Crippen molar-refractivity contribution in [1.82, 2.24) is 4.98 Å². The summed E-state index contributed by atoms with van der Waals surface area (Å²) in [5.74, 6) is -0.921. The van der Waals surface area contributed by atoms with E-state index in [0.717, 1.165) is 10.2 Å². The maximum Gasteiger partial charge on any atom is 0.387 e. The number of carboxylic acid groups (broad SMARTS) is 1. The molecule has 2 aromatic carbocycles. The molecule has 0 aliphatic carbocycles. The molecule has 1 aromatic heterocycles. The molecule has 0 radical (unpaired) electrons. The number of carbonyl (C=O) groups is 1. The second-order valence-corrected chi connectivity index (χ2v) is 6.21. The summed E-state index contributed by atoms with van der Waals surface area (Å²) in [5, 5.41) is 9.80. The van der Waals surface area contributed by atoms with Crippen LogP contribution in [0.3, 0.4) is 0 Å². The smallest absolute Gasteiger partial charge is 0.387 e. The SMILES string of the molecule is O=C(O)C/C(=C\c1ccc(OC(F)F)cc1)c1nc2ccccc2s1. The van der Waals surface area contributed by atoms with Crippen LogP contribution in [0, 0.1) is 0 Å². The lowest BCUT2D eigenvalue weighted by molar-refractivity contribution is -0.135. The fourth-order valence-corrected chi connectivity index (χ4v) is 3.29. The van der Waals surface area contributed by atoms with Crippen LogP contribution in [-0.4, -0.2) is 22.7 Å². The van der Waals surface area contributed by atoms with Gasteiger partial charge in [0.05, 0.1) is 16.6 Å². The second-order valence-electron chi connectivity index (χ2n) is 5.17. The number of aromatic nitrogens is 1. The van der Waals surface area contributed by atoms with Crippen molar-refractivity contribution >= 4 is 39.2 Å². The van der Waals surface area contributed by atoms with Crippen molar-refractivity contribution in [3.63, 3.8) is 0 Å². The molecule has 0 spiro atoms. The largest absolute Gasteiger partial charge is 0.481 e. The molecule has 4 nitrogen and oxygen atoms in total. The number of rotatable bonds is 6. The summed E-state index contributed by atoms with van der Waals surface area (Å²) in [6.45, 7) is -2.88. The molecule has 7 heteroatoms. The lowest BCUT2D eigenvalue weighted by Gasteiger charge is -2.05. The standard InChI is InChI=1S/C18H13F2NO3S/c19-18(20)24-13-7-5-11(6-8-13)9-12(10-16(22)23)17-21-14-3-1-2-4-15(14)25-17/h1-9,18H,10H2,(H,22,23)/b12-9+. The van der Waals surface area contributed by atoms with Crippen LogP contribution in [0.1, 0.15) is 17.0 Å². The lowest BCUT2D eigenvalue weighted by atomic mass is 10.1. The van der Waals surface area contributed by atoms with E-state index in [1.807, 2.05) is 24.3 Å². The van der Waals surface area contributed by atoms with Gasteiger partial charge in [-0.3, -0.25) is 4.79 Å². The Balaban J connectivity index is 1.94. The minimum absolute atomic E-state index is 0.0481. The summed E-state index contributed by atoms with van der Waals surface area (Å²) in [7, 11) is 0. The van der Waals surface area contributed by atoms with E-state index in [2.05, 4.69) is 9.72 Å². The Morgan fingerprint density at radius 2 is 1.92 bits per heavy atom. The van der Waals surface area contributed by atoms with Crippen molar-refractivity contribution in [2.75, 3.05) is 0 Å². The van der Waals surface area contributed by atoms with Crippen LogP contribution in [0.2, 0.25) is 0 Å². The van der Waals surface area contributed by atoms with E-state index < -0.39 is 12.6 Å². The Hall–Kier alpha value is -2.80. The van der Waals surface area contributed by atoms with Crippen LogP contribution >= 0.6 is 11.3 Å². The average molecular weight is 361 g/mol. The van der Waals surface area contributed by atoms with Gasteiger partial charge in [0, 0.05) is 0 Å². The molecule has 128 valence electrons. The number of benzene rings is 2. The third-order valence-corrected chi connectivity index (χ3v) is 4.47. The average Bonchev–Trinajstić information content (AvgIpc) is 2.99. The molecular weight excluding hydrogens is 348 g/mol. The predicted molar refractivity (Wildman–Crippen MR) is 92.8 cm³/mol. The number of fused-ring (bicyclic) bond motifs is 1. The molecule has 0 unspecified atom stereocenters. The zero-order valence-corrected chi connectivity index (χ0v) is 13.7. The van der Waals surface area contributed by atoms with E-state index >= 15 is 0 Å². The molecule has 1 N–H and O–H groups in total. The van der Waals surface area contributed by atoms with Gasteiger partial charge in [-0.05, 0) is 41.5 Å². The van der Waals surface area contributed by atoms with Gasteiger partial charge in [-0.2, -0.15) is 8.78 Å². The number of carboxylic acids is 1. The fraction of sp³-hybridized carbons (Fsp3) is 0.111. The molecular formula is C18H13F2NO3S. The number of para-hydroxylation sites is 1. The highest BCUT2D eigenvalue weighted by molar-refractivity contribution is 7.19. The Kier molecular flexibility index (Phi) is 5.04. The third-order valence-electron chi connectivity index (χ3n) is 3.36. The van der Waals surface area contributed by atoms with Gasteiger partial charge >= 0.3 is 12.6 Å². The van der Waals surface area contributed by atoms with Gasteiger partial charge in [0.15, 0.2) is 0 Å².